The van der Waals surface area contributed by atoms with E-state index in [9.17, 15) is 19.4 Å². The number of hydrogen-bond donors (Lipinski definition) is 2. The van der Waals surface area contributed by atoms with E-state index in [1.165, 1.54) is 89.9 Å². The van der Waals surface area contributed by atoms with Gasteiger partial charge in [0.25, 0.3) is 7.82 Å². The minimum absolute atomic E-state index is 0.0170. The Morgan fingerprint density at radius 3 is 1.78 bits per heavy atom. The minimum atomic E-state index is -4.60. The maximum absolute atomic E-state index is 12.7. The van der Waals surface area contributed by atoms with Gasteiger partial charge in [-0.25, -0.2) is 0 Å². The van der Waals surface area contributed by atoms with Gasteiger partial charge in [0.05, 0.1) is 39.9 Å². The van der Waals surface area contributed by atoms with Crippen molar-refractivity contribution < 1.29 is 32.9 Å². The van der Waals surface area contributed by atoms with E-state index in [2.05, 4.69) is 49.5 Å². The molecule has 8 nitrogen and oxygen atoms in total. The second kappa shape index (κ2) is 32.4. The number of allylic oxidation sites excluding steroid dienone is 7. The van der Waals surface area contributed by atoms with Crippen LogP contribution in [0.5, 0.6) is 0 Å². The molecule has 0 aromatic heterocycles. The van der Waals surface area contributed by atoms with Crippen LogP contribution in [0.4, 0.5) is 0 Å². The number of likely N-dealkylation sites (N-methyl/N-ethyl adjacent to an activating group) is 1. The molecule has 286 valence electrons. The molecular weight excluding hydrogens is 635 g/mol. The number of rotatable bonds is 34. The average Bonchev–Trinajstić information content (AvgIpc) is 3.04. The zero-order valence-electron chi connectivity index (χ0n) is 32.1. The average molecular weight is 711 g/mol. The quantitative estimate of drug-likeness (QED) is 0.0298. The number of nitrogens with one attached hydrogen (secondary N) is 1. The summed E-state index contributed by atoms with van der Waals surface area (Å²) < 4.78 is 23.0. The van der Waals surface area contributed by atoms with Crippen LogP contribution < -0.4 is 10.2 Å². The van der Waals surface area contributed by atoms with E-state index in [-0.39, 0.29) is 18.9 Å². The monoisotopic (exact) mass is 711 g/mol. The lowest BCUT2D eigenvalue weighted by Crippen LogP contribution is -2.45. The van der Waals surface area contributed by atoms with Crippen LogP contribution in [-0.2, 0) is 18.4 Å². The lowest BCUT2D eigenvalue weighted by atomic mass is 10.1. The Kier molecular flexibility index (Phi) is 31.4. The van der Waals surface area contributed by atoms with E-state index in [1.807, 2.05) is 33.3 Å². The molecule has 0 saturated carbocycles. The number of quaternary nitrogens is 1. The summed E-state index contributed by atoms with van der Waals surface area (Å²) in [7, 11) is 1.20. The van der Waals surface area contributed by atoms with Crippen molar-refractivity contribution in [2.45, 2.75) is 161 Å². The Balaban J connectivity index is 4.69. The summed E-state index contributed by atoms with van der Waals surface area (Å²) in [5, 5.41) is 13.6. The summed E-state index contributed by atoms with van der Waals surface area (Å²) in [5.74, 6) is -0.278. The van der Waals surface area contributed by atoms with E-state index in [1.54, 1.807) is 6.08 Å². The fourth-order valence-electron chi connectivity index (χ4n) is 5.10. The van der Waals surface area contributed by atoms with Crippen molar-refractivity contribution in [3.05, 3.63) is 48.6 Å². The fourth-order valence-corrected chi connectivity index (χ4v) is 5.82. The van der Waals surface area contributed by atoms with E-state index in [0.29, 0.717) is 17.4 Å². The number of aliphatic hydroxyl groups excluding tert-OH is 1. The first kappa shape index (κ1) is 47.5. The third-order valence-corrected chi connectivity index (χ3v) is 9.24. The van der Waals surface area contributed by atoms with E-state index >= 15 is 0 Å². The molecule has 3 unspecified atom stereocenters. The second-order valence-electron chi connectivity index (χ2n) is 14.3. The van der Waals surface area contributed by atoms with Crippen molar-refractivity contribution in [2.24, 2.45) is 0 Å². The van der Waals surface area contributed by atoms with Crippen molar-refractivity contribution in [1.29, 1.82) is 0 Å². The normalized spacial score (nSPS) is 15.2. The molecule has 0 aliphatic carbocycles. The lowest BCUT2D eigenvalue weighted by Gasteiger charge is -2.29. The predicted octanol–water partition coefficient (Wildman–Crippen LogP) is 9.50. The van der Waals surface area contributed by atoms with Crippen LogP contribution in [0.1, 0.15) is 149 Å². The molecular formula is C40H75N2O6P. The lowest BCUT2D eigenvalue weighted by molar-refractivity contribution is -0.870. The highest BCUT2D eigenvalue weighted by molar-refractivity contribution is 7.45. The molecule has 3 atom stereocenters. The Morgan fingerprint density at radius 2 is 1.20 bits per heavy atom. The first-order valence-corrected chi connectivity index (χ1v) is 21.0. The molecule has 0 radical (unpaired) electrons. The Bertz CT molecular complexity index is 944. The van der Waals surface area contributed by atoms with Crippen LogP contribution in [-0.4, -0.2) is 68.5 Å². The number of carbonyl (C=O) groups is 1. The topological polar surface area (TPSA) is 108 Å². The molecule has 0 spiro atoms. The number of amides is 1. The van der Waals surface area contributed by atoms with Crippen molar-refractivity contribution >= 4 is 13.7 Å². The van der Waals surface area contributed by atoms with Crippen molar-refractivity contribution in [3.63, 3.8) is 0 Å². The van der Waals surface area contributed by atoms with Gasteiger partial charge in [-0.15, -0.1) is 0 Å². The van der Waals surface area contributed by atoms with Gasteiger partial charge in [-0.2, -0.15) is 0 Å². The first-order chi connectivity index (χ1) is 23.5. The largest absolute Gasteiger partial charge is 0.756 e. The van der Waals surface area contributed by atoms with Crippen molar-refractivity contribution in [2.75, 3.05) is 40.9 Å². The third kappa shape index (κ3) is 34.7. The van der Waals surface area contributed by atoms with Gasteiger partial charge in [0.1, 0.15) is 13.2 Å². The second-order valence-corrected chi connectivity index (χ2v) is 15.7. The molecule has 0 fully saturated rings. The Labute approximate surface area is 301 Å². The van der Waals surface area contributed by atoms with Gasteiger partial charge >= 0.3 is 0 Å². The molecule has 0 rings (SSSR count). The molecule has 0 bridgehead atoms. The Morgan fingerprint density at radius 1 is 0.714 bits per heavy atom. The predicted molar refractivity (Wildman–Crippen MR) is 205 cm³/mol. The van der Waals surface area contributed by atoms with Crippen LogP contribution >= 0.6 is 7.82 Å². The van der Waals surface area contributed by atoms with E-state index < -0.39 is 26.6 Å². The number of unbranched alkanes of at least 4 members (excludes halogenated alkanes) is 15. The number of nitrogens with zero attached hydrogens (tertiary/aromatic N) is 1. The fraction of sp³-hybridized carbons (Fsp3) is 0.775. The molecule has 0 saturated heterocycles. The van der Waals surface area contributed by atoms with Gasteiger partial charge in [0.15, 0.2) is 0 Å². The molecule has 2 N–H and O–H groups in total. The van der Waals surface area contributed by atoms with Crippen LogP contribution in [0.3, 0.4) is 0 Å². The standard InChI is InChI=1S/C40H75N2O6P/c1-6-8-10-12-14-16-18-20-22-23-25-27-29-31-33-39(43)38(37-48-49(45,46)47-36-35-42(3,4)5)41-40(44)34-32-30-28-26-24-21-19-17-15-13-11-9-7-2/h21,23-25,28,30-31,33,38-39,43H,6-20,22,26-27,29,32,34-37H2,1-5H3,(H-,41,44,45,46)/b24-21-,25-23+,30-28-,33-31+. The summed E-state index contributed by atoms with van der Waals surface area (Å²) in [6, 6.07) is -0.931. The highest BCUT2D eigenvalue weighted by Gasteiger charge is 2.23. The summed E-state index contributed by atoms with van der Waals surface area (Å²) in [6.07, 6.45) is 38.9. The molecule has 0 aliphatic rings. The number of carbonyl (C=O) groups excluding carboxylic acids is 1. The molecule has 49 heavy (non-hydrogen) atoms. The zero-order chi connectivity index (χ0) is 36.5. The van der Waals surface area contributed by atoms with Crippen LogP contribution in [0, 0.1) is 0 Å². The van der Waals surface area contributed by atoms with E-state index in [0.717, 1.165) is 32.1 Å². The maximum Gasteiger partial charge on any atom is 0.268 e. The van der Waals surface area contributed by atoms with Crippen LogP contribution in [0.25, 0.3) is 0 Å². The summed E-state index contributed by atoms with van der Waals surface area (Å²) in [5.41, 5.74) is 0. The zero-order valence-corrected chi connectivity index (χ0v) is 33.0. The molecule has 0 aromatic carbocycles. The van der Waals surface area contributed by atoms with Crippen LogP contribution in [0.15, 0.2) is 48.6 Å². The molecule has 0 aromatic rings. The highest BCUT2D eigenvalue weighted by Crippen LogP contribution is 2.38. The minimum Gasteiger partial charge on any atom is -0.756 e. The summed E-state index contributed by atoms with van der Waals surface area (Å²) in [6.45, 7) is 4.53. The highest BCUT2D eigenvalue weighted by atomic mass is 31.2. The molecule has 0 heterocycles. The Hall–Kier alpha value is -1.54. The van der Waals surface area contributed by atoms with Gasteiger partial charge in [-0.05, 0) is 51.4 Å². The number of phosphoric acid groups is 1. The first-order valence-electron chi connectivity index (χ1n) is 19.5. The van der Waals surface area contributed by atoms with Gasteiger partial charge < -0.3 is 28.8 Å². The SMILES string of the molecule is CCCCCCCC/C=C\C/C=C\CCC(=O)NC(COP(=O)([O-])OCC[N+](C)(C)C)C(O)/C=C/CC/C=C/CCCCCCCCCC. The number of hydrogen-bond acceptors (Lipinski definition) is 6. The smallest absolute Gasteiger partial charge is 0.268 e. The van der Waals surface area contributed by atoms with Crippen molar-refractivity contribution in [3.8, 4) is 0 Å². The van der Waals surface area contributed by atoms with Gasteiger partial charge in [-0.3, -0.25) is 9.36 Å². The van der Waals surface area contributed by atoms with Gasteiger partial charge in [0, 0.05) is 6.42 Å². The maximum atomic E-state index is 12.7. The summed E-state index contributed by atoms with van der Waals surface area (Å²) in [4.78, 5) is 25.1. The van der Waals surface area contributed by atoms with Crippen LogP contribution in [0.2, 0.25) is 0 Å². The molecule has 1 amide bonds. The molecule has 0 aliphatic heterocycles. The number of phosphoric ester groups is 1. The van der Waals surface area contributed by atoms with Gasteiger partial charge in [-0.1, -0.05) is 140 Å². The molecule has 9 heteroatoms. The van der Waals surface area contributed by atoms with Gasteiger partial charge in [0.2, 0.25) is 5.91 Å². The summed E-state index contributed by atoms with van der Waals surface area (Å²) >= 11 is 0. The number of aliphatic hydroxyl groups is 1. The van der Waals surface area contributed by atoms with E-state index in [4.69, 9.17) is 9.05 Å². The van der Waals surface area contributed by atoms with Crippen molar-refractivity contribution in [1.82, 2.24) is 5.32 Å². The third-order valence-electron chi connectivity index (χ3n) is 8.27.